The lowest BCUT2D eigenvalue weighted by atomic mass is 10.2. The fraction of sp³-hybridized carbons (Fsp3) is 0.308. The summed E-state index contributed by atoms with van der Waals surface area (Å²) in [5.74, 6) is -0.0944. The third-order valence-electron chi connectivity index (χ3n) is 2.59. The number of carbonyl (C=O) groups is 1. The van der Waals surface area contributed by atoms with Crippen LogP contribution in [0.5, 0.6) is 0 Å². The van der Waals surface area contributed by atoms with E-state index in [1.54, 1.807) is 0 Å². The minimum absolute atomic E-state index is 0.0944. The molecule has 0 fully saturated rings. The van der Waals surface area contributed by atoms with Crippen LogP contribution in [0, 0.1) is 0 Å². The first-order valence-electron chi connectivity index (χ1n) is 5.69. The van der Waals surface area contributed by atoms with Crippen LogP contribution in [0.25, 0.3) is 10.1 Å². The first-order chi connectivity index (χ1) is 8.59. The van der Waals surface area contributed by atoms with Crippen LogP contribution in [-0.4, -0.2) is 38.0 Å². The number of nitrogens with one attached hydrogen (secondary N) is 1. The molecular formula is C13H15ClN2OS. The molecule has 0 saturated heterocycles. The molecule has 0 saturated carbocycles. The Morgan fingerprint density at radius 2 is 2.11 bits per heavy atom. The normalized spacial score (nSPS) is 11.1. The van der Waals surface area contributed by atoms with Gasteiger partial charge in [-0.05, 0) is 20.2 Å². The molecular weight excluding hydrogens is 268 g/mol. The molecule has 0 radical (unpaired) electrons. The summed E-state index contributed by atoms with van der Waals surface area (Å²) in [5, 5.41) is 4.38. The van der Waals surface area contributed by atoms with Crippen molar-refractivity contribution in [2.75, 3.05) is 27.2 Å². The van der Waals surface area contributed by atoms with E-state index in [-0.39, 0.29) is 5.91 Å². The lowest BCUT2D eigenvalue weighted by molar-refractivity contribution is 0.0955. The number of thiophene rings is 1. The van der Waals surface area contributed by atoms with Gasteiger partial charge in [0, 0.05) is 23.2 Å². The van der Waals surface area contributed by atoms with Gasteiger partial charge in [0.05, 0.1) is 5.02 Å². The van der Waals surface area contributed by atoms with E-state index in [9.17, 15) is 4.79 Å². The van der Waals surface area contributed by atoms with Gasteiger partial charge in [0.2, 0.25) is 0 Å². The highest BCUT2D eigenvalue weighted by Gasteiger charge is 2.16. The average molecular weight is 283 g/mol. The van der Waals surface area contributed by atoms with Crippen molar-refractivity contribution in [1.29, 1.82) is 0 Å². The van der Waals surface area contributed by atoms with Crippen molar-refractivity contribution in [3.63, 3.8) is 0 Å². The molecule has 0 atom stereocenters. The van der Waals surface area contributed by atoms with Crippen LogP contribution >= 0.6 is 22.9 Å². The summed E-state index contributed by atoms with van der Waals surface area (Å²) in [4.78, 5) is 14.6. The first-order valence-corrected chi connectivity index (χ1v) is 6.89. The summed E-state index contributed by atoms with van der Waals surface area (Å²) in [7, 11) is 3.94. The Balaban J connectivity index is 2.15. The quantitative estimate of drug-likeness (QED) is 0.935. The van der Waals surface area contributed by atoms with E-state index in [0.29, 0.717) is 16.4 Å². The number of amides is 1. The van der Waals surface area contributed by atoms with Gasteiger partial charge in [0.25, 0.3) is 5.91 Å². The monoisotopic (exact) mass is 282 g/mol. The lowest BCUT2D eigenvalue weighted by Gasteiger charge is -2.09. The standard InChI is InChI=1S/C13H15ClN2OS/c1-16(2)8-7-15-13(17)12-11(14)9-5-3-4-6-10(9)18-12/h3-6H,7-8H2,1-2H3,(H,15,17). The molecule has 5 heteroatoms. The molecule has 96 valence electrons. The SMILES string of the molecule is CN(C)CCNC(=O)c1sc2ccccc2c1Cl. The molecule has 2 rings (SSSR count). The van der Waals surface area contributed by atoms with E-state index in [0.717, 1.165) is 16.6 Å². The fourth-order valence-corrected chi connectivity index (χ4v) is 3.07. The highest BCUT2D eigenvalue weighted by molar-refractivity contribution is 7.21. The van der Waals surface area contributed by atoms with E-state index >= 15 is 0 Å². The summed E-state index contributed by atoms with van der Waals surface area (Å²) in [6.07, 6.45) is 0. The third kappa shape index (κ3) is 2.83. The zero-order valence-corrected chi connectivity index (χ0v) is 11.9. The highest BCUT2D eigenvalue weighted by Crippen LogP contribution is 2.34. The number of nitrogens with zero attached hydrogens (tertiary/aromatic N) is 1. The molecule has 0 spiro atoms. The van der Waals surface area contributed by atoms with Crippen LogP contribution in [0.1, 0.15) is 9.67 Å². The molecule has 0 aliphatic carbocycles. The molecule has 18 heavy (non-hydrogen) atoms. The molecule has 3 nitrogen and oxygen atoms in total. The van der Waals surface area contributed by atoms with Crippen LogP contribution in [-0.2, 0) is 0 Å². The molecule has 1 N–H and O–H groups in total. The van der Waals surface area contributed by atoms with Gasteiger partial charge in [0.1, 0.15) is 4.88 Å². The Labute approximate surface area is 115 Å². The molecule has 1 heterocycles. The van der Waals surface area contributed by atoms with Crippen LogP contribution in [0.4, 0.5) is 0 Å². The van der Waals surface area contributed by atoms with Crippen molar-refractivity contribution >= 4 is 38.9 Å². The van der Waals surface area contributed by atoms with E-state index in [4.69, 9.17) is 11.6 Å². The maximum atomic E-state index is 12.0. The fourth-order valence-electron chi connectivity index (χ4n) is 1.63. The van der Waals surface area contributed by atoms with E-state index in [2.05, 4.69) is 5.32 Å². The van der Waals surface area contributed by atoms with Crippen molar-refractivity contribution in [2.24, 2.45) is 0 Å². The Morgan fingerprint density at radius 1 is 1.39 bits per heavy atom. The third-order valence-corrected chi connectivity index (χ3v) is 4.26. The molecule has 0 unspecified atom stereocenters. The van der Waals surface area contributed by atoms with Gasteiger partial charge in [0.15, 0.2) is 0 Å². The molecule has 0 aliphatic rings. The predicted molar refractivity (Wildman–Crippen MR) is 77.7 cm³/mol. The number of fused-ring (bicyclic) bond motifs is 1. The van der Waals surface area contributed by atoms with Gasteiger partial charge in [-0.15, -0.1) is 11.3 Å². The van der Waals surface area contributed by atoms with Crippen LogP contribution in [0.3, 0.4) is 0 Å². The Bertz CT molecular complexity index is 565. The summed E-state index contributed by atoms with van der Waals surface area (Å²) < 4.78 is 1.04. The van der Waals surface area contributed by atoms with Gasteiger partial charge in [-0.1, -0.05) is 29.8 Å². The Morgan fingerprint density at radius 3 is 2.78 bits per heavy atom. The second-order valence-corrected chi connectivity index (χ2v) is 5.73. The number of hydrogen-bond acceptors (Lipinski definition) is 3. The average Bonchev–Trinajstić information content (AvgIpc) is 2.67. The number of benzene rings is 1. The number of hydrogen-bond donors (Lipinski definition) is 1. The second kappa shape index (κ2) is 5.69. The Hall–Kier alpha value is -1.10. The van der Waals surface area contributed by atoms with Crippen molar-refractivity contribution in [1.82, 2.24) is 10.2 Å². The number of rotatable bonds is 4. The van der Waals surface area contributed by atoms with Gasteiger partial charge in [-0.3, -0.25) is 4.79 Å². The molecule has 1 aromatic carbocycles. The predicted octanol–water partition coefficient (Wildman–Crippen LogP) is 2.85. The first kappa shape index (κ1) is 13.3. The maximum Gasteiger partial charge on any atom is 0.262 e. The van der Waals surface area contributed by atoms with Gasteiger partial charge < -0.3 is 10.2 Å². The van der Waals surface area contributed by atoms with Crippen LogP contribution in [0.2, 0.25) is 5.02 Å². The summed E-state index contributed by atoms with van der Waals surface area (Å²) in [5.41, 5.74) is 0. The van der Waals surface area contributed by atoms with Crippen molar-refractivity contribution < 1.29 is 4.79 Å². The molecule has 1 aromatic heterocycles. The highest BCUT2D eigenvalue weighted by atomic mass is 35.5. The van der Waals surface area contributed by atoms with Crippen LogP contribution in [0.15, 0.2) is 24.3 Å². The number of likely N-dealkylation sites (N-methyl/N-ethyl adjacent to an activating group) is 1. The van der Waals surface area contributed by atoms with Gasteiger partial charge in [-0.2, -0.15) is 0 Å². The summed E-state index contributed by atoms with van der Waals surface area (Å²) in [6.45, 7) is 1.44. The maximum absolute atomic E-state index is 12.0. The van der Waals surface area contributed by atoms with Crippen LogP contribution < -0.4 is 5.32 Å². The minimum atomic E-state index is -0.0944. The van der Waals surface area contributed by atoms with Gasteiger partial charge in [-0.25, -0.2) is 0 Å². The summed E-state index contributed by atoms with van der Waals surface area (Å²) >= 11 is 7.67. The van der Waals surface area contributed by atoms with Crippen molar-refractivity contribution in [3.8, 4) is 0 Å². The van der Waals surface area contributed by atoms with E-state index in [1.165, 1.54) is 11.3 Å². The number of halogens is 1. The largest absolute Gasteiger partial charge is 0.350 e. The van der Waals surface area contributed by atoms with Crippen molar-refractivity contribution in [2.45, 2.75) is 0 Å². The smallest absolute Gasteiger partial charge is 0.262 e. The minimum Gasteiger partial charge on any atom is -0.350 e. The summed E-state index contributed by atoms with van der Waals surface area (Å²) in [6, 6.07) is 7.78. The molecule has 2 aromatic rings. The topological polar surface area (TPSA) is 32.3 Å². The number of carbonyl (C=O) groups excluding carboxylic acids is 1. The lowest BCUT2D eigenvalue weighted by Crippen LogP contribution is -2.30. The molecule has 0 aliphatic heterocycles. The zero-order chi connectivity index (χ0) is 13.1. The van der Waals surface area contributed by atoms with E-state index < -0.39 is 0 Å². The van der Waals surface area contributed by atoms with Crippen molar-refractivity contribution in [3.05, 3.63) is 34.2 Å². The second-order valence-electron chi connectivity index (χ2n) is 4.30. The molecule has 1 amide bonds. The molecule has 0 bridgehead atoms. The van der Waals surface area contributed by atoms with E-state index in [1.807, 2.05) is 43.3 Å². The Kier molecular flexibility index (Phi) is 4.22. The zero-order valence-electron chi connectivity index (χ0n) is 10.4. The van der Waals surface area contributed by atoms with Gasteiger partial charge >= 0.3 is 0 Å².